The van der Waals surface area contributed by atoms with Crippen molar-refractivity contribution in [3.63, 3.8) is 0 Å². The van der Waals surface area contributed by atoms with Gasteiger partial charge in [0.2, 0.25) is 0 Å². The van der Waals surface area contributed by atoms with Crippen LogP contribution in [0.15, 0.2) is 61.1 Å². The first-order valence-electron chi connectivity index (χ1n) is 7.95. The number of anilines is 1. The summed E-state index contributed by atoms with van der Waals surface area (Å²) in [5, 5.41) is 7.83. The molecular formula is C19H16FN5. The van der Waals surface area contributed by atoms with Gasteiger partial charge >= 0.3 is 0 Å². The first-order chi connectivity index (χ1) is 12.2. The van der Waals surface area contributed by atoms with Gasteiger partial charge in [0, 0.05) is 24.5 Å². The van der Waals surface area contributed by atoms with Crippen molar-refractivity contribution in [2.24, 2.45) is 0 Å². The molecule has 0 radical (unpaired) electrons. The molecule has 1 N–H and O–H groups in total. The van der Waals surface area contributed by atoms with E-state index < -0.39 is 0 Å². The molecule has 4 aromatic rings. The minimum absolute atomic E-state index is 0.197. The molecule has 0 fully saturated rings. The second-order valence-corrected chi connectivity index (χ2v) is 5.80. The van der Waals surface area contributed by atoms with Crippen molar-refractivity contribution in [3.05, 3.63) is 78.0 Å². The highest BCUT2D eigenvalue weighted by Gasteiger charge is 2.08. The van der Waals surface area contributed by atoms with Gasteiger partial charge in [-0.1, -0.05) is 12.1 Å². The molecule has 0 aliphatic heterocycles. The van der Waals surface area contributed by atoms with Crippen molar-refractivity contribution in [1.82, 2.24) is 19.6 Å². The van der Waals surface area contributed by atoms with E-state index in [0.29, 0.717) is 17.9 Å². The van der Waals surface area contributed by atoms with E-state index in [0.717, 1.165) is 22.5 Å². The fourth-order valence-electron chi connectivity index (χ4n) is 2.63. The lowest BCUT2D eigenvalue weighted by molar-refractivity contribution is 0.616. The Morgan fingerprint density at radius 3 is 2.72 bits per heavy atom. The van der Waals surface area contributed by atoms with Crippen LogP contribution in [0.4, 0.5) is 10.2 Å². The lowest BCUT2D eigenvalue weighted by atomic mass is 10.1. The van der Waals surface area contributed by atoms with Crippen molar-refractivity contribution >= 4 is 11.5 Å². The molecule has 0 spiro atoms. The van der Waals surface area contributed by atoms with Gasteiger partial charge in [0.05, 0.1) is 11.9 Å². The number of fused-ring (bicyclic) bond motifs is 1. The van der Waals surface area contributed by atoms with Crippen molar-refractivity contribution in [2.45, 2.75) is 13.5 Å². The number of halogens is 1. The van der Waals surface area contributed by atoms with Gasteiger partial charge < -0.3 is 5.32 Å². The largest absolute Gasteiger partial charge is 0.365 e. The van der Waals surface area contributed by atoms with E-state index >= 15 is 0 Å². The van der Waals surface area contributed by atoms with E-state index in [-0.39, 0.29) is 5.82 Å². The Balaban J connectivity index is 1.61. The maximum Gasteiger partial charge on any atom is 0.154 e. The Morgan fingerprint density at radius 1 is 1.08 bits per heavy atom. The first-order valence-corrected chi connectivity index (χ1v) is 7.95. The number of imidazole rings is 1. The summed E-state index contributed by atoms with van der Waals surface area (Å²) in [4.78, 5) is 8.41. The molecule has 1 aromatic carbocycles. The quantitative estimate of drug-likeness (QED) is 0.616. The third-order valence-electron chi connectivity index (χ3n) is 4.05. The summed E-state index contributed by atoms with van der Waals surface area (Å²) in [7, 11) is 0. The zero-order valence-electron chi connectivity index (χ0n) is 13.6. The number of nitrogens with one attached hydrogen (secondary N) is 1. The fourth-order valence-corrected chi connectivity index (χ4v) is 2.63. The lowest BCUT2D eigenvalue weighted by Gasteiger charge is -2.08. The summed E-state index contributed by atoms with van der Waals surface area (Å²) in [5.41, 5.74) is 4.16. The number of nitrogens with zero attached hydrogens (tertiary/aromatic N) is 4. The Morgan fingerprint density at radius 2 is 1.92 bits per heavy atom. The van der Waals surface area contributed by atoms with Crippen LogP contribution in [0.2, 0.25) is 0 Å². The van der Waals surface area contributed by atoms with Crippen LogP contribution in [0.25, 0.3) is 16.9 Å². The summed E-state index contributed by atoms with van der Waals surface area (Å²) in [6.07, 6.45) is 5.27. The number of aryl methyl sites for hydroxylation is 1. The number of hydrogen-bond donors (Lipinski definition) is 1. The van der Waals surface area contributed by atoms with Gasteiger partial charge in [-0.15, -0.1) is 5.10 Å². The topological polar surface area (TPSA) is 55.1 Å². The van der Waals surface area contributed by atoms with Gasteiger partial charge in [0.1, 0.15) is 11.6 Å². The average molecular weight is 333 g/mol. The van der Waals surface area contributed by atoms with Gasteiger partial charge in [0.25, 0.3) is 0 Å². The highest BCUT2D eigenvalue weighted by Crippen LogP contribution is 2.20. The summed E-state index contributed by atoms with van der Waals surface area (Å²) < 4.78 is 15.4. The van der Waals surface area contributed by atoms with Crippen molar-refractivity contribution in [1.29, 1.82) is 0 Å². The van der Waals surface area contributed by atoms with Crippen molar-refractivity contribution in [3.8, 4) is 11.3 Å². The number of benzene rings is 1. The number of aromatic nitrogens is 4. The monoisotopic (exact) mass is 333 g/mol. The summed E-state index contributed by atoms with van der Waals surface area (Å²) in [6.45, 7) is 2.25. The van der Waals surface area contributed by atoms with Crippen LogP contribution >= 0.6 is 0 Å². The van der Waals surface area contributed by atoms with Crippen LogP contribution in [0.3, 0.4) is 0 Å². The molecule has 0 atom stereocenters. The number of rotatable bonds is 4. The van der Waals surface area contributed by atoms with Crippen LogP contribution < -0.4 is 5.32 Å². The van der Waals surface area contributed by atoms with Crippen molar-refractivity contribution in [2.75, 3.05) is 5.32 Å². The Hall–Kier alpha value is -3.28. The molecule has 5 nitrogen and oxygen atoms in total. The maximum atomic E-state index is 13.7. The summed E-state index contributed by atoms with van der Waals surface area (Å²) in [6, 6.07) is 12.8. The molecule has 25 heavy (non-hydrogen) atoms. The van der Waals surface area contributed by atoms with Crippen LogP contribution in [-0.2, 0) is 6.54 Å². The smallest absolute Gasteiger partial charge is 0.154 e. The van der Waals surface area contributed by atoms with E-state index in [2.05, 4.69) is 20.4 Å². The molecule has 0 unspecified atom stereocenters. The van der Waals surface area contributed by atoms with Crippen LogP contribution in [0, 0.1) is 12.7 Å². The zero-order valence-corrected chi connectivity index (χ0v) is 13.6. The molecule has 0 bridgehead atoms. The minimum atomic E-state index is -0.197. The lowest BCUT2D eigenvalue weighted by Crippen LogP contribution is -2.05. The molecule has 124 valence electrons. The third kappa shape index (κ3) is 3.06. The van der Waals surface area contributed by atoms with Gasteiger partial charge in [-0.2, -0.15) is 0 Å². The standard InChI is InChI=1S/C19H16FN5/c1-13-2-3-14(10-16(13)20)11-22-18-4-5-19-23-12-17(25(19)24-18)15-6-8-21-9-7-15/h2-10,12H,11H2,1H3,(H,22,24). The highest BCUT2D eigenvalue weighted by molar-refractivity contribution is 5.63. The van der Waals surface area contributed by atoms with Gasteiger partial charge in [-0.05, 0) is 48.4 Å². The molecule has 0 aliphatic carbocycles. The molecule has 3 heterocycles. The van der Waals surface area contributed by atoms with E-state index in [4.69, 9.17) is 0 Å². The van der Waals surface area contributed by atoms with E-state index in [1.54, 1.807) is 42.2 Å². The van der Waals surface area contributed by atoms with E-state index in [1.165, 1.54) is 0 Å². The minimum Gasteiger partial charge on any atom is -0.365 e. The summed E-state index contributed by atoms with van der Waals surface area (Å²) in [5.74, 6) is 0.499. The Kier molecular flexibility index (Phi) is 3.85. The van der Waals surface area contributed by atoms with Crippen LogP contribution in [0.1, 0.15) is 11.1 Å². The summed E-state index contributed by atoms with van der Waals surface area (Å²) >= 11 is 0. The normalized spacial score (nSPS) is 11.0. The molecule has 0 amide bonds. The van der Waals surface area contributed by atoms with Crippen LogP contribution in [0.5, 0.6) is 0 Å². The Labute approximate surface area is 144 Å². The molecule has 4 rings (SSSR count). The predicted molar refractivity (Wildman–Crippen MR) is 94.7 cm³/mol. The molecular weight excluding hydrogens is 317 g/mol. The molecule has 6 heteroatoms. The maximum absolute atomic E-state index is 13.7. The first kappa shape index (κ1) is 15.3. The number of hydrogen-bond acceptors (Lipinski definition) is 4. The predicted octanol–water partition coefficient (Wildman–Crippen LogP) is 3.85. The van der Waals surface area contributed by atoms with Crippen molar-refractivity contribution < 1.29 is 4.39 Å². The highest BCUT2D eigenvalue weighted by atomic mass is 19.1. The second kappa shape index (κ2) is 6.32. The SMILES string of the molecule is Cc1ccc(CNc2ccc3ncc(-c4ccncc4)n3n2)cc1F. The van der Waals surface area contributed by atoms with E-state index in [1.807, 2.05) is 30.3 Å². The molecule has 3 aromatic heterocycles. The molecule has 0 saturated heterocycles. The molecule has 0 aliphatic rings. The van der Waals surface area contributed by atoms with Gasteiger partial charge in [-0.25, -0.2) is 13.9 Å². The van der Waals surface area contributed by atoms with E-state index in [9.17, 15) is 4.39 Å². The second-order valence-electron chi connectivity index (χ2n) is 5.80. The Bertz CT molecular complexity index is 1030. The zero-order chi connectivity index (χ0) is 17.2. The average Bonchev–Trinajstić information content (AvgIpc) is 3.06. The third-order valence-corrected chi connectivity index (χ3v) is 4.05. The van der Waals surface area contributed by atoms with Crippen LogP contribution in [-0.4, -0.2) is 19.6 Å². The van der Waals surface area contributed by atoms with Gasteiger partial charge in [0.15, 0.2) is 5.65 Å². The fraction of sp³-hybridized carbons (Fsp3) is 0.105. The number of pyridine rings is 1. The van der Waals surface area contributed by atoms with Gasteiger partial charge in [-0.3, -0.25) is 4.98 Å². The molecule has 0 saturated carbocycles.